The highest BCUT2D eigenvalue weighted by atomic mass is 32.2. The van der Waals surface area contributed by atoms with Crippen molar-refractivity contribution in [3.63, 3.8) is 0 Å². The quantitative estimate of drug-likeness (QED) is 0.522. The van der Waals surface area contributed by atoms with Crippen molar-refractivity contribution in [1.29, 1.82) is 0 Å². The lowest BCUT2D eigenvalue weighted by Gasteiger charge is -2.23. The van der Waals surface area contributed by atoms with Crippen molar-refractivity contribution in [3.05, 3.63) is 59.7 Å². The Labute approximate surface area is 191 Å². The molecule has 1 unspecified atom stereocenters. The van der Waals surface area contributed by atoms with Gasteiger partial charge in [-0.3, -0.25) is 4.79 Å². The molecule has 32 heavy (non-hydrogen) atoms. The molecule has 1 aliphatic heterocycles. The van der Waals surface area contributed by atoms with Crippen LogP contribution in [0.1, 0.15) is 37.4 Å². The van der Waals surface area contributed by atoms with Crippen LogP contribution in [0.15, 0.2) is 53.7 Å². The molecule has 2 heterocycles. The van der Waals surface area contributed by atoms with E-state index in [2.05, 4.69) is 34.7 Å². The highest BCUT2D eigenvalue weighted by molar-refractivity contribution is 7.99. The first-order chi connectivity index (χ1) is 15.6. The van der Waals surface area contributed by atoms with Crippen LogP contribution in [0.4, 0.5) is 0 Å². The van der Waals surface area contributed by atoms with Crippen LogP contribution in [0, 0.1) is 5.92 Å². The average molecular weight is 454 g/mol. The smallest absolute Gasteiger partial charge is 0.230 e. The Morgan fingerprint density at radius 1 is 1.12 bits per heavy atom. The molecule has 9 heteroatoms. The summed E-state index contributed by atoms with van der Waals surface area (Å²) in [5.74, 6) is 1.84. The third kappa shape index (κ3) is 5.59. The minimum Gasteiger partial charge on any atom is -0.490 e. The summed E-state index contributed by atoms with van der Waals surface area (Å²) in [5.41, 5.74) is 2.09. The van der Waals surface area contributed by atoms with Crippen molar-refractivity contribution in [2.24, 2.45) is 5.92 Å². The number of thioether (sulfide) groups is 1. The number of carbonyl (C=O) groups is 1. The summed E-state index contributed by atoms with van der Waals surface area (Å²) in [6.45, 7) is 6.01. The minimum atomic E-state index is -0.138. The molecule has 0 spiro atoms. The van der Waals surface area contributed by atoms with Gasteiger partial charge in [0.1, 0.15) is 0 Å². The number of hydrogen-bond donors (Lipinski definition) is 1. The molecular formula is C23H27N5O3S. The Hall–Kier alpha value is -3.07. The number of nitrogens with zero attached hydrogens (tertiary/aromatic N) is 4. The van der Waals surface area contributed by atoms with Crippen LogP contribution in [-0.2, 0) is 11.3 Å². The highest BCUT2D eigenvalue weighted by Crippen LogP contribution is 2.34. The molecule has 2 aromatic carbocycles. The van der Waals surface area contributed by atoms with Crippen LogP contribution in [0.2, 0.25) is 0 Å². The van der Waals surface area contributed by atoms with E-state index >= 15 is 0 Å². The number of aromatic nitrogens is 4. The molecule has 1 aromatic heterocycles. The fourth-order valence-electron chi connectivity index (χ4n) is 3.51. The zero-order chi connectivity index (χ0) is 22.3. The normalized spacial score (nSPS) is 14.1. The maximum atomic E-state index is 12.8. The second kappa shape index (κ2) is 10.5. The standard InChI is InChI=1S/C23H27N5O3S/c1-16(2)22(18-9-10-19-20(13-18)31-12-6-11-30-19)24-21(29)15-32-23-25-26-27-28(23)14-17-7-4-3-5-8-17/h3-5,7-10,13,16,22H,6,11-12,14-15H2,1-2H3,(H,24,29). The number of rotatable bonds is 8. The molecule has 0 aliphatic carbocycles. The van der Waals surface area contributed by atoms with Crippen LogP contribution >= 0.6 is 11.8 Å². The SMILES string of the molecule is CC(C)C(NC(=O)CSc1nnnn1Cc1ccccc1)c1ccc2c(c1)OCCCO2. The summed E-state index contributed by atoms with van der Waals surface area (Å²) in [5, 5.41) is 15.7. The van der Waals surface area contributed by atoms with Gasteiger partial charge in [0.05, 0.1) is 31.6 Å². The molecule has 0 saturated carbocycles. The van der Waals surface area contributed by atoms with Crippen molar-refractivity contribution >= 4 is 17.7 Å². The second-order valence-electron chi connectivity index (χ2n) is 7.94. The van der Waals surface area contributed by atoms with Crippen molar-refractivity contribution in [3.8, 4) is 11.5 Å². The largest absolute Gasteiger partial charge is 0.490 e. The van der Waals surface area contributed by atoms with Gasteiger partial charge in [0.15, 0.2) is 11.5 Å². The first-order valence-corrected chi connectivity index (χ1v) is 11.7. The summed E-state index contributed by atoms with van der Waals surface area (Å²) >= 11 is 1.33. The second-order valence-corrected chi connectivity index (χ2v) is 8.88. The van der Waals surface area contributed by atoms with E-state index in [9.17, 15) is 4.79 Å². The van der Waals surface area contributed by atoms with Crippen molar-refractivity contribution < 1.29 is 14.3 Å². The molecule has 0 bridgehead atoms. The molecule has 3 aromatic rings. The average Bonchev–Trinajstić information content (AvgIpc) is 3.09. The Balaban J connectivity index is 1.39. The summed E-state index contributed by atoms with van der Waals surface area (Å²) in [4.78, 5) is 12.8. The number of tetrazole rings is 1. The molecule has 1 amide bonds. The maximum absolute atomic E-state index is 12.8. The minimum absolute atomic E-state index is 0.0740. The third-order valence-electron chi connectivity index (χ3n) is 5.12. The fourth-order valence-corrected chi connectivity index (χ4v) is 4.20. The van der Waals surface area contributed by atoms with Gasteiger partial charge in [0, 0.05) is 6.42 Å². The molecule has 8 nitrogen and oxygen atoms in total. The molecule has 168 valence electrons. The molecule has 0 saturated heterocycles. The van der Waals surface area contributed by atoms with E-state index in [0.717, 1.165) is 29.0 Å². The van der Waals surface area contributed by atoms with E-state index in [1.54, 1.807) is 4.68 Å². The van der Waals surface area contributed by atoms with Gasteiger partial charge in [-0.05, 0) is 39.6 Å². The number of carbonyl (C=O) groups excluding carboxylic acids is 1. The lowest BCUT2D eigenvalue weighted by atomic mass is 9.95. The number of fused-ring (bicyclic) bond motifs is 1. The van der Waals surface area contributed by atoms with E-state index < -0.39 is 0 Å². The summed E-state index contributed by atoms with van der Waals surface area (Å²) in [6.07, 6.45) is 0.856. The Morgan fingerprint density at radius 2 is 1.91 bits per heavy atom. The number of amides is 1. The van der Waals surface area contributed by atoms with Gasteiger partial charge in [-0.15, -0.1) is 5.10 Å². The number of nitrogens with one attached hydrogen (secondary N) is 1. The van der Waals surface area contributed by atoms with Gasteiger partial charge in [0.2, 0.25) is 11.1 Å². The van der Waals surface area contributed by atoms with Crippen LogP contribution in [0.25, 0.3) is 0 Å². The Kier molecular flexibility index (Phi) is 7.26. The number of ether oxygens (including phenoxy) is 2. The lowest BCUT2D eigenvalue weighted by Crippen LogP contribution is -2.33. The maximum Gasteiger partial charge on any atom is 0.230 e. The van der Waals surface area contributed by atoms with E-state index in [0.29, 0.717) is 24.9 Å². The third-order valence-corrected chi connectivity index (χ3v) is 6.08. The predicted octanol–water partition coefficient (Wildman–Crippen LogP) is 3.49. The Morgan fingerprint density at radius 3 is 2.69 bits per heavy atom. The molecule has 1 N–H and O–H groups in total. The van der Waals surface area contributed by atoms with Crippen LogP contribution < -0.4 is 14.8 Å². The summed E-state index contributed by atoms with van der Waals surface area (Å²) < 4.78 is 13.2. The molecular weight excluding hydrogens is 426 g/mol. The monoisotopic (exact) mass is 453 g/mol. The molecule has 0 radical (unpaired) electrons. The predicted molar refractivity (Wildman–Crippen MR) is 122 cm³/mol. The highest BCUT2D eigenvalue weighted by Gasteiger charge is 2.21. The van der Waals surface area contributed by atoms with Gasteiger partial charge >= 0.3 is 0 Å². The molecule has 1 aliphatic rings. The first-order valence-electron chi connectivity index (χ1n) is 10.7. The van der Waals surface area contributed by atoms with Gasteiger partial charge in [0.25, 0.3) is 0 Å². The van der Waals surface area contributed by atoms with Gasteiger partial charge in [-0.25, -0.2) is 4.68 Å². The van der Waals surface area contributed by atoms with E-state index in [4.69, 9.17) is 9.47 Å². The summed E-state index contributed by atoms with van der Waals surface area (Å²) in [7, 11) is 0. The zero-order valence-corrected chi connectivity index (χ0v) is 19.0. The lowest BCUT2D eigenvalue weighted by molar-refractivity contribution is -0.119. The summed E-state index contributed by atoms with van der Waals surface area (Å²) in [6, 6.07) is 15.7. The van der Waals surface area contributed by atoms with Gasteiger partial charge in [-0.2, -0.15) is 0 Å². The molecule has 0 fully saturated rings. The van der Waals surface area contributed by atoms with Crippen LogP contribution in [0.5, 0.6) is 11.5 Å². The fraction of sp³-hybridized carbons (Fsp3) is 0.391. The van der Waals surface area contributed by atoms with Crippen molar-refractivity contribution in [1.82, 2.24) is 25.5 Å². The molecule has 4 rings (SSSR count). The van der Waals surface area contributed by atoms with Gasteiger partial charge in [-0.1, -0.05) is 62.0 Å². The number of benzene rings is 2. The van der Waals surface area contributed by atoms with Crippen molar-refractivity contribution in [2.75, 3.05) is 19.0 Å². The van der Waals surface area contributed by atoms with E-state index in [1.807, 2.05) is 48.5 Å². The zero-order valence-electron chi connectivity index (χ0n) is 18.2. The van der Waals surface area contributed by atoms with E-state index in [-0.39, 0.29) is 23.6 Å². The number of hydrogen-bond acceptors (Lipinski definition) is 7. The van der Waals surface area contributed by atoms with Gasteiger partial charge < -0.3 is 14.8 Å². The molecule has 1 atom stereocenters. The van der Waals surface area contributed by atoms with E-state index in [1.165, 1.54) is 11.8 Å². The van der Waals surface area contributed by atoms with Crippen LogP contribution in [-0.4, -0.2) is 45.1 Å². The van der Waals surface area contributed by atoms with Crippen LogP contribution in [0.3, 0.4) is 0 Å². The Bertz CT molecular complexity index is 1040. The van der Waals surface area contributed by atoms with Crippen molar-refractivity contribution in [2.45, 2.75) is 38.0 Å². The topological polar surface area (TPSA) is 91.2 Å². The first kappa shape index (κ1) is 22.1.